The summed E-state index contributed by atoms with van der Waals surface area (Å²) >= 11 is 3.35. The minimum Gasteiger partial charge on any atom is -0.495 e. The third-order valence-electron chi connectivity index (χ3n) is 4.65. The molecule has 0 heterocycles. The van der Waals surface area contributed by atoms with Crippen molar-refractivity contribution in [1.82, 2.24) is 0 Å². The SMILES string of the molecule is COc1cc(C(=O)OCC(=O)Nc2c(C(C)C)cccc2C(C)C)cc(OC)c1Br. The first-order chi connectivity index (χ1) is 14.2. The van der Waals surface area contributed by atoms with Crippen LogP contribution in [0, 0.1) is 0 Å². The maximum absolute atomic E-state index is 12.6. The summed E-state index contributed by atoms with van der Waals surface area (Å²) in [6.45, 7) is 7.89. The summed E-state index contributed by atoms with van der Waals surface area (Å²) in [7, 11) is 2.97. The zero-order valence-electron chi connectivity index (χ0n) is 18.2. The first kappa shape index (κ1) is 23.7. The van der Waals surface area contributed by atoms with E-state index in [1.165, 1.54) is 26.4 Å². The lowest BCUT2D eigenvalue weighted by atomic mass is 9.92. The molecule has 0 atom stereocenters. The molecule has 7 heteroatoms. The van der Waals surface area contributed by atoms with Crippen LogP contribution in [0.5, 0.6) is 11.5 Å². The predicted molar refractivity (Wildman–Crippen MR) is 121 cm³/mol. The topological polar surface area (TPSA) is 73.9 Å². The molecule has 0 fully saturated rings. The quantitative estimate of drug-likeness (QED) is 0.507. The molecule has 0 aliphatic carbocycles. The van der Waals surface area contributed by atoms with Crippen LogP contribution < -0.4 is 14.8 Å². The van der Waals surface area contributed by atoms with Crippen LogP contribution in [-0.4, -0.2) is 32.7 Å². The Labute approximate surface area is 186 Å². The van der Waals surface area contributed by atoms with E-state index in [1.807, 2.05) is 18.2 Å². The monoisotopic (exact) mass is 477 g/mol. The number of halogens is 1. The van der Waals surface area contributed by atoms with Crippen LogP contribution in [0.2, 0.25) is 0 Å². The van der Waals surface area contributed by atoms with Gasteiger partial charge < -0.3 is 19.5 Å². The van der Waals surface area contributed by atoms with Crippen LogP contribution in [0.4, 0.5) is 5.69 Å². The number of para-hydroxylation sites is 1. The number of benzene rings is 2. The zero-order valence-corrected chi connectivity index (χ0v) is 19.8. The van der Waals surface area contributed by atoms with E-state index in [0.717, 1.165) is 16.8 Å². The minimum absolute atomic E-state index is 0.227. The van der Waals surface area contributed by atoms with E-state index in [4.69, 9.17) is 14.2 Å². The van der Waals surface area contributed by atoms with Gasteiger partial charge in [-0.3, -0.25) is 4.79 Å². The van der Waals surface area contributed by atoms with E-state index in [0.29, 0.717) is 16.0 Å². The lowest BCUT2D eigenvalue weighted by molar-refractivity contribution is -0.119. The maximum atomic E-state index is 12.6. The molecule has 0 unspecified atom stereocenters. The summed E-state index contributed by atoms with van der Waals surface area (Å²) in [6, 6.07) is 9.04. The molecule has 30 heavy (non-hydrogen) atoms. The average Bonchev–Trinajstić information content (AvgIpc) is 2.71. The fourth-order valence-electron chi connectivity index (χ4n) is 3.07. The van der Waals surface area contributed by atoms with Gasteiger partial charge in [0.05, 0.1) is 19.8 Å². The van der Waals surface area contributed by atoms with Gasteiger partial charge in [-0.15, -0.1) is 0 Å². The molecular formula is C23H28BrNO5. The van der Waals surface area contributed by atoms with E-state index < -0.39 is 18.5 Å². The van der Waals surface area contributed by atoms with Gasteiger partial charge in [-0.1, -0.05) is 45.9 Å². The second-order valence-electron chi connectivity index (χ2n) is 7.44. The normalized spacial score (nSPS) is 10.8. The second-order valence-corrected chi connectivity index (χ2v) is 8.23. The van der Waals surface area contributed by atoms with Crippen LogP contribution in [0.1, 0.15) is 61.0 Å². The first-order valence-electron chi connectivity index (χ1n) is 9.70. The van der Waals surface area contributed by atoms with Crippen molar-refractivity contribution in [2.45, 2.75) is 39.5 Å². The molecule has 1 N–H and O–H groups in total. The van der Waals surface area contributed by atoms with Crippen molar-refractivity contribution in [3.8, 4) is 11.5 Å². The van der Waals surface area contributed by atoms with Crippen molar-refractivity contribution in [2.75, 3.05) is 26.1 Å². The number of anilines is 1. The molecule has 0 aromatic heterocycles. The molecule has 2 aromatic carbocycles. The number of ether oxygens (including phenoxy) is 3. The van der Waals surface area contributed by atoms with Gasteiger partial charge in [0.1, 0.15) is 16.0 Å². The van der Waals surface area contributed by atoms with Crippen molar-refractivity contribution in [2.24, 2.45) is 0 Å². The summed E-state index contributed by atoms with van der Waals surface area (Å²) in [5, 5.41) is 2.93. The largest absolute Gasteiger partial charge is 0.495 e. The zero-order chi connectivity index (χ0) is 22.4. The van der Waals surface area contributed by atoms with E-state index in [9.17, 15) is 9.59 Å². The Morgan fingerprint density at radius 3 is 1.90 bits per heavy atom. The lowest BCUT2D eigenvalue weighted by Gasteiger charge is -2.20. The first-order valence-corrected chi connectivity index (χ1v) is 10.5. The van der Waals surface area contributed by atoms with Gasteiger partial charge in [-0.05, 0) is 51.0 Å². The Hall–Kier alpha value is -2.54. The molecule has 2 aromatic rings. The van der Waals surface area contributed by atoms with Crippen molar-refractivity contribution in [1.29, 1.82) is 0 Å². The molecule has 0 aliphatic heterocycles. The van der Waals surface area contributed by atoms with Crippen molar-refractivity contribution in [3.63, 3.8) is 0 Å². The minimum atomic E-state index is -0.643. The van der Waals surface area contributed by atoms with Crippen LogP contribution in [0.3, 0.4) is 0 Å². The van der Waals surface area contributed by atoms with Crippen molar-refractivity contribution < 1.29 is 23.8 Å². The molecular weight excluding hydrogens is 450 g/mol. The van der Waals surface area contributed by atoms with Gasteiger partial charge >= 0.3 is 5.97 Å². The molecule has 0 saturated heterocycles. The van der Waals surface area contributed by atoms with Gasteiger partial charge in [-0.2, -0.15) is 0 Å². The Morgan fingerprint density at radius 2 is 1.47 bits per heavy atom. The van der Waals surface area contributed by atoms with Crippen molar-refractivity contribution >= 4 is 33.5 Å². The highest BCUT2D eigenvalue weighted by atomic mass is 79.9. The molecule has 2 rings (SSSR count). The van der Waals surface area contributed by atoms with Crippen LogP contribution in [0.15, 0.2) is 34.8 Å². The molecule has 0 spiro atoms. The molecule has 6 nitrogen and oxygen atoms in total. The van der Waals surface area contributed by atoms with Crippen LogP contribution >= 0.6 is 15.9 Å². The Balaban J connectivity index is 2.15. The third kappa shape index (κ3) is 5.53. The van der Waals surface area contributed by atoms with E-state index in [1.54, 1.807) is 0 Å². The highest BCUT2D eigenvalue weighted by Crippen LogP contribution is 2.36. The number of nitrogens with one attached hydrogen (secondary N) is 1. The van der Waals surface area contributed by atoms with E-state index >= 15 is 0 Å². The Morgan fingerprint density at radius 1 is 0.967 bits per heavy atom. The number of rotatable bonds is 8. The number of amides is 1. The number of esters is 1. The summed E-state index contributed by atoms with van der Waals surface area (Å²) in [5.74, 6) is 0.301. The Kier molecular flexibility index (Phi) is 8.29. The lowest BCUT2D eigenvalue weighted by Crippen LogP contribution is -2.22. The third-order valence-corrected chi connectivity index (χ3v) is 5.43. The summed E-state index contributed by atoms with van der Waals surface area (Å²) < 4.78 is 16.3. The fraction of sp³-hybridized carbons (Fsp3) is 0.391. The summed E-state index contributed by atoms with van der Waals surface area (Å²) in [5.41, 5.74) is 3.10. The van der Waals surface area contributed by atoms with Crippen molar-refractivity contribution in [3.05, 3.63) is 51.5 Å². The number of carbonyl (C=O) groups is 2. The van der Waals surface area contributed by atoms with Crippen LogP contribution in [-0.2, 0) is 9.53 Å². The molecule has 162 valence electrons. The van der Waals surface area contributed by atoms with Gasteiger partial charge in [-0.25, -0.2) is 4.79 Å². The second kappa shape index (κ2) is 10.5. The molecule has 1 amide bonds. The van der Waals surface area contributed by atoms with E-state index in [-0.39, 0.29) is 17.4 Å². The van der Waals surface area contributed by atoms with E-state index in [2.05, 4.69) is 48.9 Å². The van der Waals surface area contributed by atoms with Gasteiger partial charge in [0.2, 0.25) is 0 Å². The number of methoxy groups -OCH3 is 2. The molecule has 0 bridgehead atoms. The molecule has 0 aliphatic rings. The van der Waals surface area contributed by atoms with Gasteiger partial charge in [0.15, 0.2) is 6.61 Å². The molecule has 0 saturated carbocycles. The number of carbonyl (C=O) groups excluding carboxylic acids is 2. The van der Waals surface area contributed by atoms with Gasteiger partial charge in [0, 0.05) is 5.69 Å². The van der Waals surface area contributed by atoms with Crippen LogP contribution in [0.25, 0.3) is 0 Å². The fourth-order valence-corrected chi connectivity index (χ4v) is 3.63. The highest BCUT2D eigenvalue weighted by Gasteiger charge is 2.19. The summed E-state index contributed by atoms with van der Waals surface area (Å²) in [6.07, 6.45) is 0. The molecule has 0 radical (unpaired) electrons. The summed E-state index contributed by atoms with van der Waals surface area (Å²) in [4.78, 5) is 25.0. The number of hydrogen-bond acceptors (Lipinski definition) is 5. The average molecular weight is 478 g/mol. The highest BCUT2D eigenvalue weighted by molar-refractivity contribution is 9.10. The predicted octanol–water partition coefficient (Wildman–Crippen LogP) is 5.51. The number of hydrogen-bond donors (Lipinski definition) is 1. The maximum Gasteiger partial charge on any atom is 0.338 e. The smallest absolute Gasteiger partial charge is 0.338 e. The standard InChI is InChI=1S/C23H28BrNO5/c1-13(2)16-8-7-9-17(14(3)4)22(16)25-20(26)12-30-23(27)15-10-18(28-5)21(24)19(11-15)29-6/h7-11,13-14H,12H2,1-6H3,(H,25,26). The van der Waals surface area contributed by atoms with Gasteiger partial charge in [0.25, 0.3) is 5.91 Å². The Bertz CT molecular complexity index is 873.